The van der Waals surface area contributed by atoms with Crippen molar-refractivity contribution in [2.45, 2.75) is 4.90 Å². The number of morpholine rings is 1. The molecule has 0 saturated carbocycles. The fourth-order valence-electron chi connectivity index (χ4n) is 3.43. The maximum Gasteiger partial charge on any atom is 0.323 e. The van der Waals surface area contributed by atoms with Crippen molar-refractivity contribution in [3.8, 4) is 0 Å². The van der Waals surface area contributed by atoms with Crippen molar-refractivity contribution in [2.75, 3.05) is 46.6 Å². The Hall–Kier alpha value is -3.27. The van der Waals surface area contributed by atoms with Gasteiger partial charge in [0.1, 0.15) is 4.90 Å². The highest BCUT2D eigenvalue weighted by Gasteiger charge is 2.25. The van der Waals surface area contributed by atoms with Gasteiger partial charge in [0.2, 0.25) is 0 Å². The van der Waals surface area contributed by atoms with Crippen LogP contribution >= 0.6 is 11.6 Å². The number of para-hydroxylation sites is 2. The molecule has 2 amide bonds. The van der Waals surface area contributed by atoms with Crippen molar-refractivity contribution in [3.05, 3.63) is 77.8 Å². The van der Waals surface area contributed by atoms with Crippen molar-refractivity contribution >= 4 is 50.4 Å². The number of anilines is 4. The molecule has 172 valence electrons. The van der Waals surface area contributed by atoms with Crippen molar-refractivity contribution in [2.24, 2.45) is 0 Å². The first kappa shape index (κ1) is 22.9. The Labute approximate surface area is 197 Å². The second kappa shape index (κ2) is 10.1. The van der Waals surface area contributed by atoms with Crippen molar-refractivity contribution in [1.82, 2.24) is 0 Å². The van der Waals surface area contributed by atoms with E-state index in [0.29, 0.717) is 43.4 Å². The van der Waals surface area contributed by atoms with Crippen LogP contribution in [0.4, 0.5) is 27.5 Å². The van der Waals surface area contributed by atoms with Gasteiger partial charge >= 0.3 is 6.03 Å². The maximum atomic E-state index is 13.4. The highest BCUT2D eigenvalue weighted by Crippen LogP contribution is 2.32. The molecule has 0 aromatic heterocycles. The lowest BCUT2D eigenvalue weighted by molar-refractivity contribution is 0.122. The molecule has 1 saturated heterocycles. The molecule has 1 aliphatic heterocycles. The second-order valence-electron chi connectivity index (χ2n) is 7.31. The van der Waals surface area contributed by atoms with E-state index >= 15 is 0 Å². The van der Waals surface area contributed by atoms with Gasteiger partial charge in [0.25, 0.3) is 10.0 Å². The lowest BCUT2D eigenvalue weighted by Crippen LogP contribution is -2.37. The van der Waals surface area contributed by atoms with Gasteiger partial charge in [-0.05, 0) is 42.5 Å². The van der Waals surface area contributed by atoms with Gasteiger partial charge in [0.05, 0.1) is 29.6 Å². The Morgan fingerprint density at radius 2 is 1.55 bits per heavy atom. The number of hydrogen-bond acceptors (Lipinski definition) is 5. The summed E-state index contributed by atoms with van der Waals surface area (Å²) in [4.78, 5) is 14.4. The molecule has 3 N–H and O–H groups in total. The average molecular weight is 487 g/mol. The van der Waals surface area contributed by atoms with Crippen LogP contribution in [0.3, 0.4) is 0 Å². The van der Waals surface area contributed by atoms with E-state index in [2.05, 4.69) is 15.4 Å². The molecule has 10 heteroatoms. The van der Waals surface area contributed by atoms with Crippen LogP contribution in [0.15, 0.2) is 77.7 Å². The van der Waals surface area contributed by atoms with E-state index in [1.54, 1.807) is 60.7 Å². The zero-order valence-electron chi connectivity index (χ0n) is 17.6. The number of ether oxygens (including phenoxy) is 1. The number of urea groups is 1. The van der Waals surface area contributed by atoms with Gasteiger partial charge < -0.3 is 20.3 Å². The summed E-state index contributed by atoms with van der Waals surface area (Å²) in [5, 5.41) is 5.69. The molecule has 3 aromatic rings. The summed E-state index contributed by atoms with van der Waals surface area (Å²) in [5.74, 6) is 0. The molecule has 33 heavy (non-hydrogen) atoms. The molecule has 0 spiro atoms. The van der Waals surface area contributed by atoms with Crippen LogP contribution in [-0.4, -0.2) is 40.8 Å². The summed E-state index contributed by atoms with van der Waals surface area (Å²) in [6, 6.07) is 19.9. The summed E-state index contributed by atoms with van der Waals surface area (Å²) in [6.45, 7) is 2.10. The van der Waals surface area contributed by atoms with Crippen molar-refractivity contribution in [1.29, 1.82) is 0 Å². The molecule has 3 aromatic carbocycles. The van der Waals surface area contributed by atoms with Crippen LogP contribution in [0.1, 0.15) is 0 Å². The number of amides is 2. The van der Waals surface area contributed by atoms with Crippen molar-refractivity contribution < 1.29 is 17.9 Å². The molecule has 0 unspecified atom stereocenters. The number of hydrogen-bond donors (Lipinski definition) is 3. The predicted octanol–water partition coefficient (Wildman–Crippen LogP) is 4.62. The van der Waals surface area contributed by atoms with Gasteiger partial charge in [0.15, 0.2) is 0 Å². The summed E-state index contributed by atoms with van der Waals surface area (Å²) in [5.41, 5.74) is 1.74. The highest BCUT2D eigenvalue weighted by molar-refractivity contribution is 7.93. The summed E-state index contributed by atoms with van der Waals surface area (Å²) in [7, 11) is -4.02. The standard InChI is InChI=1S/C23H23ClN4O4S/c24-19-8-4-5-9-20(19)27-33(30,31)22-16-18(10-11-21(22)28-12-14-32-15-13-28)26-23(29)25-17-6-2-1-3-7-17/h1-11,16,27H,12-15H2,(H2,25,26,29). The lowest BCUT2D eigenvalue weighted by atomic mass is 10.2. The molecule has 1 aliphatic rings. The summed E-state index contributed by atoms with van der Waals surface area (Å²) in [6.07, 6.45) is 0. The molecule has 1 heterocycles. The number of nitrogens with one attached hydrogen (secondary N) is 3. The number of sulfonamides is 1. The Bertz CT molecular complexity index is 1230. The van der Waals surface area contributed by atoms with Crippen LogP contribution in [-0.2, 0) is 14.8 Å². The number of halogens is 1. The van der Waals surface area contributed by atoms with E-state index < -0.39 is 16.1 Å². The Balaban J connectivity index is 1.64. The zero-order valence-corrected chi connectivity index (χ0v) is 19.2. The average Bonchev–Trinajstić information content (AvgIpc) is 2.81. The number of benzene rings is 3. The smallest absolute Gasteiger partial charge is 0.323 e. The van der Waals surface area contributed by atoms with E-state index in [0.717, 1.165) is 0 Å². The molecule has 0 bridgehead atoms. The van der Waals surface area contributed by atoms with E-state index in [-0.39, 0.29) is 15.6 Å². The topological polar surface area (TPSA) is 99.8 Å². The van der Waals surface area contributed by atoms with Gasteiger partial charge in [-0.3, -0.25) is 4.72 Å². The molecule has 0 aliphatic carbocycles. The number of carbonyl (C=O) groups excluding carboxylic acids is 1. The molecule has 0 radical (unpaired) electrons. The van der Waals surface area contributed by atoms with Crippen molar-refractivity contribution in [3.63, 3.8) is 0 Å². The largest absolute Gasteiger partial charge is 0.378 e. The van der Waals surface area contributed by atoms with Gasteiger partial charge in [-0.25, -0.2) is 13.2 Å². The predicted molar refractivity (Wildman–Crippen MR) is 131 cm³/mol. The lowest BCUT2D eigenvalue weighted by Gasteiger charge is -2.30. The summed E-state index contributed by atoms with van der Waals surface area (Å²) < 4.78 is 34.7. The van der Waals surface area contributed by atoms with Gasteiger partial charge in [-0.15, -0.1) is 0 Å². The van der Waals surface area contributed by atoms with E-state index in [1.165, 1.54) is 6.07 Å². The van der Waals surface area contributed by atoms with Crippen LogP contribution in [0.2, 0.25) is 5.02 Å². The Kier molecular flexibility index (Phi) is 7.02. The zero-order chi connectivity index (χ0) is 23.3. The Morgan fingerprint density at radius 3 is 2.27 bits per heavy atom. The first-order chi connectivity index (χ1) is 15.9. The number of nitrogens with zero attached hydrogens (tertiary/aromatic N) is 1. The van der Waals surface area contributed by atoms with Gasteiger partial charge in [-0.1, -0.05) is 41.9 Å². The van der Waals surface area contributed by atoms with Crippen LogP contribution in [0.5, 0.6) is 0 Å². The fourth-order valence-corrected chi connectivity index (χ4v) is 5.00. The Morgan fingerprint density at radius 1 is 0.879 bits per heavy atom. The molecule has 1 fully saturated rings. The molecule has 0 atom stereocenters. The highest BCUT2D eigenvalue weighted by atomic mass is 35.5. The minimum atomic E-state index is -4.02. The van der Waals surface area contributed by atoms with Gasteiger partial charge in [-0.2, -0.15) is 0 Å². The third-order valence-corrected chi connectivity index (χ3v) is 6.73. The molecular weight excluding hydrogens is 464 g/mol. The first-order valence-electron chi connectivity index (χ1n) is 10.3. The third-order valence-electron chi connectivity index (χ3n) is 5.01. The second-order valence-corrected chi connectivity index (χ2v) is 9.37. The first-order valence-corrected chi connectivity index (χ1v) is 12.2. The minimum absolute atomic E-state index is 0.0295. The van der Waals surface area contributed by atoms with E-state index in [9.17, 15) is 13.2 Å². The quantitative estimate of drug-likeness (QED) is 0.472. The molecule has 8 nitrogen and oxygen atoms in total. The minimum Gasteiger partial charge on any atom is -0.378 e. The normalized spacial score (nSPS) is 13.9. The molecular formula is C23H23ClN4O4S. The van der Waals surface area contributed by atoms with Gasteiger partial charge in [0, 0.05) is 24.5 Å². The van der Waals surface area contributed by atoms with Crippen LogP contribution < -0.4 is 20.3 Å². The van der Waals surface area contributed by atoms with E-state index in [1.807, 2.05) is 11.0 Å². The molecule has 4 rings (SSSR count). The van der Waals surface area contributed by atoms with E-state index in [4.69, 9.17) is 16.3 Å². The van der Waals surface area contributed by atoms with Crippen LogP contribution in [0, 0.1) is 0 Å². The fraction of sp³-hybridized carbons (Fsp3) is 0.174. The SMILES string of the molecule is O=C(Nc1ccccc1)Nc1ccc(N2CCOCC2)c(S(=O)(=O)Nc2ccccc2Cl)c1. The van der Waals surface area contributed by atoms with Crippen LogP contribution in [0.25, 0.3) is 0 Å². The maximum absolute atomic E-state index is 13.4. The summed E-state index contributed by atoms with van der Waals surface area (Å²) >= 11 is 6.16. The monoisotopic (exact) mass is 486 g/mol. The number of rotatable bonds is 6. The third kappa shape index (κ3) is 5.75. The number of carbonyl (C=O) groups is 1.